The largest absolute Gasteiger partial charge is 0.493 e. The highest BCUT2D eigenvalue weighted by atomic mass is 16.5. The Kier molecular flexibility index (Phi) is 5.77. The van der Waals surface area contributed by atoms with Gasteiger partial charge in [-0.05, 0) is 48.9 Å². The van der Waals surface area contributed by atoms with Crippen molar-refractivity contribution in [2.75, 3.05) is 39.8 Å². The molecule has 3 amide bonds. The van der Waals surface area contributed by atoms with Crippen LogP contribution in [0, 0.1) is 5.41 Å². The number of benzene rings is 1. The maximum atomic E-state index is 13.1. The standard InChI is InChI=1S/C25H27N3O6/c1-32-18-5-2-4-17-14-20(34-22(17)18)24(31)28-12-9-25(16-28)7-10-27(11-8-25)21(29)15-26-23(30)19-6-3-13-33-19/h2-6,13-14H,7-12,15-16H2,1H3,(H,26,30). The molecular formula is C25H27N3O6. The van der Waals surface area contributed by atoms with E-state index >= 15 is 0 Å². The molecule has 2 aliphatic rings. The summed E-state index contributed by atoms with van der Waals surface area (Å²) in [6.07, 6.45) is 3.96. The Balaban J connectivity index is 1.16. The minimum atomic E-state index is -0.403. The van der Waals surface area contributed by atoms with E-state index < -0.39 is 5.91 Å². The molecule has 0 bridgehead atoms. The van der Waals surface area contributed by atoms with Gasteiger partial charge in [0, 0.05) is 31.6 Å². The van der Waals surface area contributed by atoms with Gasteiger partial charge in [-0.2, -0.15) is 0 Å². The fraction of sp³-hybridized carbons (Fsp3) is 0.400. The molecule has 0 unspecified atom stereocenters. The Morgan fingerprint density at radius 2 is 1.79 bits per heavy atom. The molecule has 0 atom stereocenters. The van der Waals surface area contributed by atoms with E-state index in [2.05, 4.69) is 5.32 Å². The Morgan fingerprint density at radius 1 is 1.03 bits per heavy atom. The lowest BCUT2D eigenvalue weighted by atomic mass is 9.78. The zero-order valence-corrected chi connectivity index (χ0v) is 19.0. The number of hydrogen-bond donors (Lipinski definition) is 1. The lowest BCUT2D eigenvalue weighted by molar-refractivity contribution is -0.132. The Morgan fingerprint density at radius 3 is 2.50 bits per heavy atom. The second-order valence-electron chi connectivity index (χ2n) is 9.01. The molecule has 0 radical (unpaired) electrons. The predicted molar refractivity (Wildman–Crippen MR) is 123 cm³/mol. The Bertz CT molecular complexity index is 1210. The topological polar surface area (TPSA) is 105 Å². The molecule has 178 valence electrons. The van der Waals surface area contributed by atoms with Crippen molar-refractivity contribution in [2.45, 2.75) is 19.3 Å². The maximum Gasteiger partial charge on any atom is 0.289 e. The first kappa shape index (κ1) is 22.1. The number of nitrogens with one attached hydrogen (secondary N) is 1. The van der Waals surface area contributed by atoms with Gasteiger partial charge in [0.1, 0.15) is 0 Å². The molecule has 4 heterocycles. The van der Waals surface area contributed by atoms with Gasteiger partial charge in [0.15, 0.2) is 22.9 Å². The molecular weight excluding hydrogens is 438 g/mol. The molecule has 2 aromatic heterocycles. The molecule has 3 aromatic rings. The number of amides is 3. The molecule has 2 saturated heterocycles. The van der Waals surface area contributed by atoms with Crippen LogP contribution < -0.4 is 10.1 Å². The van der Waals surface area contributed by atoms with Crippen LogP contribution in [0.2, 0.25) is 0 Å². The van der Waals surface area contributed by atoms with Crippen LogP contribution in [0.15, 0.2) is 51.5 Å². The van der Waals surface area contributed by atoms with Crippen LogP contribution in [0.4, 0.5) is 0 Å². The van der Waals surface area contributed by atoms with E-state index in [4.69, 9.17) is 13.6 Å². The summed E-state index contributed by atoms with van der Waals surface area (Å²) in [5, 5.41) is 3.44. The third kappa shape index (κ3) is 4.13. The minimum Gasteiger partial charge on any atom is -0.493 e. The van der Waals surface area contributed by atoms with Crippen LogP contribution in [-0.2, 0) is 4.79 Å². The number of hydrogen-bond acceptors (Lipinski definition) is 6. The van der Waals surface area contributed by atoms with Gasteiger partial charge in [0.2, 0.25) is 5.91 Å². The highest BCUT2D eigenvalue weighted by Crippen LogP contribution is 2.41. The van der Waals surface area contributed by atoms with Gasteiger partial charge in [-0.15, -0.1) is 0 Å². The van der Waals surface area contributed by atoms with Gasteiger partial charge in [0.25, 0.3) is 11.8 Å². The number of carbonyl (C=O) groups is 3. The number of ether oxygens (including phenoxy) is 1. The van der Waals surface area contributed by atoms with Crippen molar-refractivity contribution < 1.29 is 28.0 Å². The molecule has 0 saturated carbocycles. The van der Waals surface area contributed by atoms with Crippen molar-refractivity contribution in [3.8, 4) is 5.75 Å². The lowest BCUT2D eigenvalue weighted by Gasteiger charge is -2.39. The van der Waals surface area contributed by atoms with Gasteiger partial charge >= 0.3 is 0 Å². The van der Waals surface area contributed by atoms with E-state index in [1.54, 1.807) is 30.2 Å². The van der Waals surface area contributed by atoms with Crippen LogP contribution in [0.5, 0.6) is 5.75 Å². The van der Waals surface area contributed by atoms with Crippen molar-refractivity contribution >= 4 is 28.7 Å². The van der Waals surface area contributed by atoms with Gasteiger partial charge in [0.05, 0.1) is 19.9 Å². The molecule has 2 fully saturated rings. The van der Waals surface area contributed by atoms with Crippen LogP contribution in [0.1, 0.15) is 40.4 Å². The van der Waals surface area contributed by atoms with Crippen molar-refractivity contribution in [1.82, 2.24) is 15.1 Å². The van der Waals surface area contributed by atoms with Gasteiger partial charge in [-0.3, -0.25) is 14.4 Å². The second kappa shape index (κ2) is 8.89. The fourth-order valence-electron chi connectivity index (χ4n) is 4.97. The number of methoxy groups -OCH3 is 1. The molecule has 1 N–H and O–H groups in total. The summed E-state index contributed by atoms with van der Waals surface area (Å²) in [6, 6.07) is 10.5. The molecule has 2 aliphatic heterocycles. The highest BCUT2D eigenvalue weighted by Gasteiger charge is 2.43. The van der Waals surface area contributed by atoms with Gasteiger partial charge in [-0.25, -0.2) is 0 Å². The Labute approximate surface area is 196 Å². The van der Waals surface area contributed by atoms with Crippen molar-refractivity contribution in [3.63, 3.8) is 0 Å². The van der Waals surface area contributed by atoms with E-state index in [0.717, 1.165) is 24.6 Å². The van der Waals surface area contributed by atoms with Crippen LogP contribution in [-0.4, -0.2) is 67.4 Å². The van der Waals surface area contributed by atoms with E-state index in [1.807, 2.05) is 23.1 Å². The molecule has 9 heteroatoms. The number of carbonyl (C=O) groups excluding carboxylic acids is 3. The molecule has 1 spiro atoms. The maximum absolute atomic E-state index is 13.1. The summed E-state index contributed by atoms with van der Waals surface area (Å²) in [6.45, 7) is 2.47. The highest BCUT2D eigenvalue weighted by molar-refractivity contribution is 5.97. The zero-order valence-electron chi connectivity index (χ0n) is 19.0. The number of fused-ring (bicyclic) bond motifs is 1. The van der Waals surface area contributed by atoms with Crippen LogP contribution in [0.25, 0.3) is 11.0 Å². The first-order valence-corrected chi connectivity index (χ1v) is 11.4. The van der Waals surface area contributed by atoms with Crippen LogP contribution >= 0.6 is 0 Å². The predicted octanol–water partition coefficient (Wildman–Crippen LogP) is 2.92. The number of piperidine rings is 1. The van der Waals surface area contributed by atoms with Crippen molar-refractivity contribution in [3.05, 3.63) is 54.2 Å². The quantitative estimate of drug-likeness (QED) is 0.621. The summed E-state index contributed by atoms with van der Waals surface area (Å²) >= 11 is 0. The zero-order chi connectivity index (χ0) is 23.7. The number of rotatable bonds is 5. The number of furan rings is 2. The van der Waals surface area contributed by atoms with Gasteiger partial charge in [-0.1, -0.05) is 12.1 Å². The third-order valence-electron chi connectivity index (χ3n) is 6.99. The number of nitrogens with zero attached hydrogens (tertiary/aromatic N) is 2. The first-order chi connectivity index (χ1) is 16.5. The summed E-state index contributed by atoms with van der Waals surface area (Å²) in [7, 11) is 1.58. The van der Waals surface area contributed by atoms with E-state index in [-0.39, 0.29) is 29.5 Å². The van der Waals surface area contributed by atoms with E-state index in [1.165, 1.54) is 6.26 Å². The minimum absolute atomic E-state index is 0.00750. The molecule has 34 heavy (non-hydrogen) atoms. The monoisotopic (exact) mass is 465 g/mol. The molecule has 0 aliphatic carbocycles. The first-order valence-electron chi connectivity index (χ1n) is 11.4. The summed E-state index contributed by atoms with van der Waals surface area (Å²) in [4.78, 5) is 41.3. The van der Waals surface area contributed by atoms with E-state index in [9.17, 15) is 14.4 Å². The summed E-state index contributed by atoms with van der Waals surface area (Å²) in [5.74, 6) is 0.471. The summed E-state index contributed by atoms with van der Waals surface area (Å²) in [5.41, 5.74) is 0.585. The number of para-hydroxylation sites is 1. The second-order valence-corrected chi connectivity index (χ2v) is 9.01. The third-order valence-corrected chi connectivity index (χ3v) is 6.99. The van der Waals surface area contributed by atoms with Gasteiger partial charge < -0.3 is 28.7 Å². The van der Waals surface area contributed by atoms with E-state index in [0.29, 0.717) is 43.3 Å². The molecule has 5 rings (SSSR count). The van der Waals surface area contributed by atoms with Crippen molar-refractivity contribution in [1.29, 1.82) is 0 Å². The number of likely N-dealkylation sites (tertiary alicyclic amines) is 2. The summed E-state index contributed by atoms with van der Waals surface area (Å²) < 4.78 is 16.2. The fourth-order valence-corrected chi connectivity index (χ4v) is 4.97. The molecule has 9 nitrogen and oxygen atoms in total. The Hall–Kier alpha value is -3.75. The average Bonchev–Trinajstić information content (AvgIpc) is 3.62. The normalized spacial score (nSPS) is 17.3. The molecule has 1 aromatic carbocycles. The SMILES string of the molecule is COc1cccc2cc(C(=O)N3CCC4(CCN(C(=O)CNC(=O)c5ccco5)CC4)C3)oc12. The van der Waals surface area contributed by atoms with Crippen LogP contribution in [0.3, 0.4) is 0 Å². The lowest BCUT2D eigenvalue weighted by Crippen LogP contribution is -2.47. The van der Waals surface area contributed by atoms with Crippen molar-refractivity contribution in [2.24, 2.45) is 5.41 Å². The average molecular weight is 466 g/mol. The smallest absolute Gasteiger partial charge is 0.289 e.